The minimum atomic E-state index is 0.103. The third-order valence-corrected chi connectivity index (χ3v) is 5.16. The first-order valence-corrected chi connectivity index (χ1v) is 8.50. The average molecular weight is 324 g/mol. The van der Waals surface area contributed by atoms with Gasteiger partial charge in [-0.1, -0.05) is 6.07 Å². The van der Waals surface area contributed by atoms with Crippen LogP contribution in [0.15, 0.2) is 54.4 Å². The molecule has 1 saturated heterocycles. The average Bonchev–Trinajstić information content (AvgIpc) is 3.35. The highest BCUT2D eigenvalue weighted by atomic mass is 32.1. The van der Waals surface area contributed by atoms with Gasteiger partial charge in [0.05, 0.1) is 11.7 Å². The van der Waals surface area contributed by atoms with Crippen LogP contribution in [0.1, 0.15) is 34.1 Å². The van der Waals surface area contributed by atoms with Crippen molar-refractivity contribution in [2.75, 3.05) is 6.54 Å². The summed E-state index contributed by atoms with van der Waals surface area (Å²) in [5, 5.41) is 6.17. The van der Waals surface area contributed by atoms with Gasteiger partial charge in [0.1, 0.15) is 12.7 Å². The first-order valence-electron chi connectivity index (χ1n) is 7.62. The number of carbonyl (C=O) groups excluding carboxylic acids is 1. The summed E-state index contributed by atoms with van der Waals surface area (Å²) in [6.07, 6.45) is 5.24. The van der Waals surface area contributed by atoms with E-state index in [1.54, 1.807) is 22.3 Å². The minimum absolute atomic E-state index is 0.103. The second-order valence-corrected chi connectivity index (χ2v) is 6.54. The zero-order chi connectivity index (χ0) is 15.6. The van der Waals surface area contributed by atoms with E-state index in [0.717, 1.165) is 30.6 Å². The highest BCUT2D eigenvalue weighted by molar-refractivity contribution is 7.10. The lowest BCUT2D eigenvalue weighted by molar-refractivity contribution is 0.0738. The smallest absolute Gasteiger partial charge is 0.254 e. The zero-order valence-electron chi connectivity index (χ0n) is 12.5. The van der Waals surface area contributed by atoms with Crippen LogP contribution >= 0.6 is 11.3 Å². The Morgan fingerprint density at radius 3 is 2.78 bits per heavy atom. The minimum Gasteiger partial charge on any atom is -0.331 e. The van der Waals surface area contributed by atoms with Gasteiger partial charge < -0.3 is 4.90 Å². The molecule has 116 valence electrons. The van der Waals surface area contributed by atoms with Gasteiger partial charge >= 0.3 is 0 Å². The second-order valence-electron chi connectivity index (χ2n) is 5.56. The molecule has 1 aliphatic heterocycles. The molecule has 3 heterocycles. The molecule has 1 fully saturated rings. The number of carbonyl (C=O) groups is 1. The summed E-state index contributed by atoms with van der Waals surface area (Å²) in [7, 11) is 0. The van der Waals surface area contributed by atoms with E-state index in [4.69, 9.17) is 0 Å². The Kier molecular flexibility index (Phi) is 3.67. The number of benzene rings is 1. The van der Waals surface area contributed by atoms with E-state index >= 15 is 0 Å². The molecular weight excluding hydrogens is 308 g/mol. The van der Waals surface area contributed by atoms with E-state index in [0.29, 0.717) is 0 Å². The third-order valence-electron chi connectivity index (χ3n) is 4.18. The Morgan fingerprint density at radius 2 is 2.09 bits per heavy atom. The Hall–Kier alpha value is -2.47. The quantitative estimate of drug-likeness (QED) is 0.743. The molecule has 2 aromatic heterocycles. The van der Waals surface area contributed by atoms with Crippen LogP contribution in [-0.2, 0) is 0 Å². The maximum Gasteiger partial charge on any atom is 0.254 e. The molecule has 0 N–H and O–H groups in total. The molecule has 23 heavy (non-hydrogen) atoms. The van der Waals surface area contributed by atoms with E-state index < -0.39 is 0 Å². The fraction of sp³-hybridized carbons (Fsp3) is 0.235. The van der Waals surface area contributed by atoms with Gasteiger partial charge in [0.15, 0.2) is 0 Å². The predicted octanol–water partition coefficient (Wildman–Crippen LogP) is 3.31. The van der Waals surface area contributed by atoms with Crippen LogP contribution in [0.2, 0.25) is 0 Å². The standard InChI is InChI=1S/C17H16N4OS/c22-17(20-9-1-3-15(20)16-4-2-10-23-16)13-5-7-14(8-6-13)21-12-18-11-19-21/h2,4-8,10-12,15H,1,3,9H2/t15-/m1/s1. The second kappa shape index (κ2) is 5.96. The molecule has 0 radical (unpaired) electrons. The first kappa shape index (κ1) is 14.1. The Bertz CT molecular complexity index is 781. The molecule has 0 saturated carbocycles. The molecule has 6 heteroatoms. The van der Waals surface area contributed by atoms with Crippen molar-refractivity contribution in [2.24, 2.45) is 0 Å². The van der Waals surface area contributed by atoms with Gasteiger partial charge in [-0.15, -0.1) is 11.3 Å². The summed E-state index contributed by atoms with van der Waals surface area (Å²) in [6.45, 7) is 0.826. The lowest BCUT2D eigenvalue weighted by atomic mass is 10.1. The molecule has 0 spiro atoms. The lowest BCUT2D eigenvalue weighted by Crippen LogP contribution is -2.30. The molecular formula is C17H16N4OS. The van der Waals surface area contributed by atoms with Gasteiger partial charge in [-0.2, -0.15) is 5.10 Å². The summed E-state index contributed by atoms with van der Waals surface area (Å²) in [5.74, 6) is 0.103. The number of thiophene rings is 1. The highest BCUT2D eigenvalue weighted by Crippen LogP contribution is 2.35. The van der Waals surface area contributed by atoms with E-state index in [1.807, 2.05) is 35.2 Å². The molecule has 0 bridgehead atoms. The number of nitrogens with zero attached hydrogens (tertiary/aromatic N) is 4. The largest absolute Gasteiger partial charge is 0.331 e. The van der Waals surface area contributed by atoms with Crippen molar-refractivity contribution in [3.05, 3.63) is 64.9 Å². The van der Waals surface area contributed by atoms with Gasteiger partial charge in [0.2, 0.25) is 0 Å². The van der Waals surface area contributed by atoms with Gasteiger partial charge in [-0.05, 0) is 48.6 Å². The first-order chi connectivity index (χ1) is 11.3. The number of hydrogen-bond donors (Lipinski definition) is 0. The van der Waals surface area contributed by atoms with Gasteiger partial charge in [-0.3, -0.25) is 4.79 Å². The molecule has 4 rings (SSSR count). The van der Waals surface area contributed by atoms with E-state index in [2.05, 4.69) is 21.5 Å². The van der Waals surface area contributed by atoms with Crippen molar-refractivity contribution >= 4 is 17.2 Å². The fourth-order valence-corrected chi connectivity index (χ4v) is 3.92. The highest BCUT2D eigenvalue weighted by Gasteiger charge is 2.31. The molecule has 0 unspecified atom stereocenters. The van der Waals surface area contributed by atoms with E-state index in [1.165, 1.54) is 11.2 Å². The van der Waals surface area contributed by atoms with Crippen LogP contribution in [0, 0.1) is 0 Å². The lowest BCUT2D eigenvalue weighted by Gasteiger charge is -2.24. The monoisotopic (exact) mass is 324 g/mol. The Labute approximate surface area is 138 Å². The molecule has 3 aromatic rings. The third kappa shape index (κ3) is 2.66. The molecule has 5 nitrogen and oxygen atoms in total. The molecule has 1 aliphatic rings. The van der Waals surface area contributed by atoms with Crippen molar-refractivity contribution in [3.63, 3.8) is 0 Å². The summed E-state index contributed by atoms with van der Waals surface area (Å²) >= 11 is 1.72. The summed E-state index contributed by atoms with van der Waals surface area (Å²) in [6, 6.07) is 11.9. The van der Waals surface area contributed by atoms with Gasteiger partial charge in [0, 0.05) is 17.0 Å². The molecule has 1 amide bonds. The summed E-state index contributed by atoms with van der Waals surface area (Å²) < 4.78 is 1.68. The van der Waals surface area contributed by atoms with E-state index in [-0.39, 0.29) is 11.9 Å². The van der Waals surface area contributed by atoms with Crippen molar-refractivity contribution in [3.8, 4) is 5.69 Å². The zero-order valence-corrected chi connectivity index (χ0v) is 13.3. The molecule has 1 atom stereocenters. The fourth-order valence-electron chi connectivity index (χ4n) is 3.05. The van der Waals surface area contributed by atoms with Crippen LogP contribution < -0.4 is 0 Å². The van der Waals surface area contributed by atoms with Gasteiger partial charge in [-0.25, -0.2) is 9.67 Å². The maximum atomic E-state index is 12.8. The summed E-state index contributed by atoms with van der Waals surface area (Å²) in [5.41, 5.74) is 1.62. The number of amides is 1. The van der Waals surface area contributed by atoms with Crippen molar-refractivity contribution < 1.29 is 4.79 Å². The number of aromatic nitrogens is 3. The summed E-state index contributed by atoms with van der Waals surface area (Å²) in [4.78, 5) is 20.1. The van der Waals surface area contributed by atoms with Crippen LogP contribution in [-0.4, -0.2) is 32.1 Å². The van der Waals surface area contributed by atoms with Crippen LogP contribution in [0.3, 0.4) is 0 Å². The number of hydrogen-bond acceptors (Lipinski definition) is 4. The molecule has 1 aromatic carbocycles. The Balaban J connectivity index is 1.56. The maximum absolute atomic E-state index is 12.8. The van der Waals surface area contributed by atoms with Crippen molar-refractivity contribution in [1.82, 2.24) is 19.7 Å². The van der Waals surface area contributed by atoms with E-state index in [9.17, 15) is 4.79 Å². The topological polar surface area (TPSA) is 51.0 Å². The van der Waals surface area contributed by atoms with Crippen LogP contribution in [0.25, 0.3) is 5.69 Å². The SMILES string of the molecule is O=C(c1ccc(-n2cncn2)cc1)N1CCC[C@@H]1c1cccs1. The predicted molar refractivity (Wildman–Crippen MR) is 88.7 cm³/mol. The number of likely N-dealkylation sites (tertiary alicyclic amines) is 1. The van der Waals surface area contributed by atoms with Gasteiger partial charge in [0.25, 0.3) is 5.91 Å². The molecule has 0 aliphatic carbocycles. The van der Waals surface area contributed by atoms with Crippen molar-refractivity contribution in [1.29, 1.82) is 0 Å². The normalized spacial score (nSPS) is 17.6. The number of rotatable bonds is 3. The van der Waals surface area contributed by atoms with Crippen molar-refractivity contribution in [2.45, 2.75) is 18.9 Å². The van der Waals surface area contributed by atoms with Crippen LogP contribution in [0.4, 0.5) is 0 Å². The Morgan fingerprint density at radius 1 is 1.22 bits per heavy atom. The van der Waals surface area contributed by atoms with Crippen LogP contribution in [0.5, 0.6) is 0 Å².